The van der Waals surface area contributed by atoms with Gasteiger partial charge in [-0.25, -0.2) is 9.97 Å². The van der Waals surface area contributed by atoms with Crippen molar-refractivity contribution in [2.45, 2.75) is 31.1 Å². The lowest BCUT2D eigenvalue weighted by Gasteiger charge is -2.18. The van der Waals surface area contributed by atoms with Gasteiger partial charge in [0.15, 0.2) is 0 Å². The van der Waals surface area contributed by atoms with E-state index in [4.69, 9.17) is 23.2 Å². The van der Waals surface area contributed by atoms with Gasteiger partial charge < -0.3 is 5.32 Å². The fraction of sp³-hybridized carbons (Fsp3) is 0.375. The van der Waals surface area contributed by atoms with Crippen LogP contribution in [-0.2, 0) is 12.8 Å². The van der Waals surface area contributed by atoms with Crippen molar-refractivity contribution in [2.75, 3.05) is 17.6 Å². The van der Waals surface area contributed by atoms with Crippen LogP contribution in [0.5, 0.6) is 0 Å². The second-order valence-electron chi connectivity index (χ2n) is 5.22. The summed E-state index contributed by atoms with van der Waals surface area (Å²) in [5.41, 5.74) is 2.15. The van der Waals surface area contributed by atoms with Crippen molar-refractivity contribution >= 4 is 40.8 Å². The van der Waals surface area contributed by atoms with E-state index in [1.54, 1.807) is 0 Å². The van der Waals surface area contributed by atoms with Crippen LogP contribution in [0, 0.1) is 6.92 Å². The van der Waals surface area contributed by atoms with Crippen LogP contribution in [0.3, 0.4) is 0 Å². The minimum absolute atomic E-state index is 0.713. The van der Waals surface area contributed by atoms with Gasteiger partial charge in [0.2, 0.25) is 0 Å². The third kappa shape index (κ3) is 3.50. The average Bonchev–Trinajstić information content (AvgIpc) is 2.50. The van der Waals surface area contributed by atoms with E-state index in [0.717, 1.165) is 42.3 Å². The molecule has 0 saturated carbocycles. The molecule has 0 saturated heterocycles. The summed E-state index contributed by atoms with van der Waals surface area (Å²) in [6, 6.07) is 5.60. The maximum absolute atomic E-state index is 6.21. The Hall–Kier alpha value is -0.970. The molecule has 22 heavy (non-hydrogen) atoms. The summed E-state index contributed by atoms with van der Waals surface area (Å²) in [6.07, 6.45) is 2.99. The van der Waals surface area contributed by atoms with Crippen molar-refractivity contribution in [3.05, 3.63) is 45.3 Å². The number of rotatable bonds is 4. The molecule has 3 nitrogen and oxygen atoms in total. The Labute approximate surface area is 144 Å². The monoisotopic (exact) mass is 353 g/mol. The molecule has 0 bridgehead atoms. The minimum Gasteiger partial charge on any atom is -0.369 e. The molecule has 3 rings (SSSR count). The largest absolute Gasteiger partial charge is 0.369 e. The number of hydrogen-bond donors (Lipinski definition) is 1. The first-order chi connectivity index (χ1) is 10.6. The molecule has 116 valence electrons. The highest BCUT2D eigenvalue weighted by Gasteiger charge is 2.17. The van der Waals surface area contributed by atoms with E-state index >= 15 is 0 Å². The van der Waals surface area contributed by atoms with E-state index < -0.39 is 0 Å². The number of nitrogens with zero attached hydrogens (tertiary/aromatic N) is 2. The Morgan fingerprint density at radius 1 is 1.23 bits per heavy atom. The van der Waals surface area contributed by atoms with E-state index in [0.29, 0.717) is 10.0 Å². The molecule has 6 heteroatoms. The predicted octanol–water partition coefficient (Wildman–Crippen LogP) is 4.78. The molecule has 2 heterocycles. The summed E-state index contributed by atoms with van der Waals surface area (Å²) in [6.45, 7) is 2.68. The van der Waals surface area contributed by atoms with Crippen molar-refractivity contribution in [3.63, 3.8) is 0 Å². The normalized spacial score (nSPS) is 13.8. The molecule has 1 aliphatic heterocycles. The maximum atomic E-state index is 6.21. The molecule has 0 amide bonds. The van der Waals surface area contributed by atoms with Gasteiger partial charge in [0.05, 0.1) is 10.6 Å². The van der Waals surface area contributed by atoms with Crippen molar-refractivity contribution in [1.82, 2.24) is 9.97 Å². The van der Waals surface area contributed by atoms with Crippen LogP contribution in [0.2, 0.25) is 10.0 Å². The smallest absolute Gasteiger partial charge is 0.143 e. The molecule has 2 aromatic rings. The minimum atomic E-state index is 0.713. The zero-order valence-corrected chi connectivity index (χ0v) is 14.7. The highest BCUT2D eigenvalue weighted by atomic mass is 35.5. The van der Waals surface area contributed by atoms with Gasteiger partial charge in [0.25, 0.3) is 0 Å². The summed E-state index contributed by atoms with van der Waals surface area (Å²) >= 11 is 14.3. The third-order valence-corrected chi connectivity index (χ3v) is 5.50. The molecule has 0 spiro atoms. The Kier molecular flexibility index (Phi) is 5.11. The van der Waals surface area contributed by atoms with Crippen LogP contribution in [0.15, 0.2) is 23.1 Å². The van der Waals surface area contributed by atoms with Crippen molar-refractivity contribution in [1.29, 1.82) is 0 Å². The lowest BCUT2D eigenvalue weighted by Crippen LogP contribution is -2.13. The zero-order chi connectivity index (χ0) is 15.5. The van der Waals surface area contributed by atoms with Crippen LogP contribution in [0.25, 0.3) is 0 Å². The number of aromatic nitrogens is 2. The summed E-state index contributed by atoms with van der Waals surface area (Å²) in [7, 11) is 0. The maximum Gasteiger partial charge on any atom is 0.143 e. The molecule has 1 aromatic carbocycles. The molecule has 0 atom stereocenters. The molecule has 0 aliphatic carbocycles. The molecule has 1 N–H and O–H groups in total. The van der Waals surface area contributed by atoms with Gasteiger partial charge in [-0.15, -0.1) is 11.8 Å². The number of halogens is 2. The summed E-state index contributed by atoms with van der Waals surface area (Å²) < 4.78 is 0. The SMILES string of the molecule is Cc1nc2c(c(NCCc3c(Cl)cccc3Cl)n1)SCCC2. The van der Waals surface area contributed by atoms with Crippen LogP contribution in [0.4, 0.5) is 5.82 Å². The number of aryl methyl sites for hydroxylation is 2. The van der Waals surface area contributed by atoms with E-state index in [-0.39, 0.29) is 0 Å². The molecule has 0 fully saturated rings. The molecular weight excluding hydrogens is 337 g/mol. The first kappa shape index (κ1) is 15.9. The zero-order valence-electron chi connectivity index (χ0n) is 12.3. The van der Waals surface area contributed by atoms with Crippen molar-refractivity contribution in [2.24, 2.45) is 0 Å². The quantitative estimate of drug-likeness (QED) is 0.857. The van der Waals surface area contributed by atoms with Gasteiger partial charge in [-0.05, 0) is 49.6 Å². The summed E-state index contributed by atoms with van der Waals surface area (Å²) in [5, 5.41) is 4.85. The number of thioether (sulfide) groups is 1. The van der Waals surface area contributed by atoms with Gasteiger partial charge in [-0.3, -0.25) is 0 Å². The van der Waals surface area contributed by atoms with Crippen LogP contribution in [0.1, 0.15) is 23.5 Å². The van der Waals surface area contributed by atoms with Gasteiger partial charge in [0.1, 0.15) is 11.6 Å². The van der Waals surface area contributed by atoms with E-state index in [1.807, 2.05) is 36.9 Å². The molecular formula is C16H17Cl2N3S. The van der Waals surface area contributed by atoms with Crippen molar-refractivity contribution < 1.29 is 0 Å². The molecule has 1 aliphatic rings. The summed E-state index contributed by atoms with van der Waals surface area (Å²) in [4.78, 5) is 10.3. The number of hydrogen-bond acceptors (Lipinski definition) is 4. The van der Waals surface area contributed by atoms with E-state index in [2.05, 4.69) is 15.3 Å². The fourth-order valence-electron chi connectivity index (χ4n) is 2.55. The van der Waals surface area contributed by atoms with E-state index in [1.165, 1.54) is 17.0 Å². The number of nitrogens with one attached hydrogen (secondary N) is 1. The van der Waals surface area contributed by atoms with Gasteiger partial charge in [-0.1, -0.05) is 29.3 Å². The first-order valence-corrected chi connectivity index (χ1v) is 9.06. The van der Waals surface area contributed by atoms with Crippen LogP contribution < -0.4 is 5.32 Å². The lowest BCUT2D eigenvalue weighted by atomic mass is 10.1. The summed E-state index contributed by atoms with van der Waals surface area (Å²) in [5.74, 6) is 2.89. The van der Waals surface area contributed by atoms with Crippen molar-refractivity contribution in [3.8, 4) is 0 Å². The molecule has 0 unspecified atom stereocenters. The van der Waals surface area contributed by atoms with E-state index in [9.17, 15) is 0 Å². The fourth-order valence-corrected chi connectivity index (χ4v) is 4.20. The first-order valence-electron chi connectivity index (χ1n) is 7.32. The van der Waals surface area contributed by atoms with Crippen LogP contribution in [-0.4, -0.2) is 22.3 Å². The number of anilines is 1. The highest BCUT2D eigenvalue weighted by molar-refractivity contribution is 7.99. The molecule has 1 aromatic heterocycles. The third-order valence-electron chi connectivity index (χ3n) is 3.58. The molecule has 0 radical (unpaired) electrons. The number of fused-ring (bicyclic) bond motifs is 1. The Bertz CT molecular complexity index is 671. The topological polar surface area (TPSA) is 37.8 Å². The van der Waals surface area contributed by atoms with Crippen LogP contribution >= 0.6 is 35.0 Å². The van der Waals surface area contributed by atoms with Gasteiger partial charge in [-0.2, -0.15) is 0 Å². The second-order valence-corrected chi connectivity index (χ2v) is 7.14. The van der Waals surface area contributed by atoms with Gasteiger partial charge >= 0.3 is 0 Å². The standard InChI is InChI=1S/C16H17Cl2N3S/c1-10-20-14-6-3-9-22-15(14)16(21-10)19-8-7-11-12(17)4-2-5-13(11)18/h2,4-5H,3,6-9H2,1H3,(H,19,20,21). The lowest BCUT2D eigenvalue weighted by molar-refractivity contribution is 0.810. The Morgan fingerprint density at radius 2 is 2.00 bits per heavy atom. The Balaban J connectivity index is 1.73. The number of benzene rings is 1. The predicted molar refractivity (Wildman–Crippen MR) is 94.5 cm³/mol. The average molecular weight is 354 g/mol. The van der Waals surface area contributed by atoms with Gasteiger partial charge in [0, 0.05) is 16.6 Å². The Morgan fingerprint density at radius 3 is 2.77 bits per heavy atom. The highest BCUT2D eigenvalue weighted by Crippen LogP contribution is 2.34. The second kappa shape index (κ2) is 7.07.